The van der Waals surface area contributed by atoms with Crippen LogP contribution in [0.5, 0.6) is 0 Å². The Morgan fingerprint density at radius 2 is 2.05 bits per heavy atom. The zero-order valence-electron chi connectivity index (χ0n) is 12.6. The Kier molecular flexibility index (Phi) is 5.80. The van der Waals surface area contributed by atoms with E-state index in [-0.39, 0.29) is 12.5 Å². The first-order valence-electron chi connectivity index (χ1n) is 7.31. The summed E-state index contributed by atoms with van der Waals surface area (Å²) in [6.45, 7) is 8.87. The Morgan fingerprint density at radius 3 is 2.67 bits per heavy atom. The van der Waals surface area contributed by atoms with Crippen LogP contribution in [-0.2, 0) is 0 Å². The van der Waals surface area contributed by atoms with Crippen LogP contribution in [0.3, 0.4) is 0 Å². The lowest BCUT2D eigenvalue weighted by Gasteiger charge is -2.35. The largest absolute Gasteiger partial charge is 0.384 e. The molecule has 5 heteroatoms. The average molecular weight is 306 g/mol. The van der Waals surface area contributed by atoms with E-state index in [1.165, 1.54) is 11.3 Å². The molecule has 0 spiro atoms. The highest BCUT2D eigenvalue weighted by molar-refractivity contribution is 7.14. The molecule has 1 aliphatic rings. The molecule has 4 nitrogen and oxygen atoms in total. The summed E-state index contributed by atoms with van der Waals surface area (Å²) in [5.41, 5.74) is 0. The number of hydrogen-bond donors (Lipinski definition) is 1. The Labute approximate surface area is 130 Å². The molecule has 1 amide bonds. The van der Waals surface area contributed by atoms with Gasteiger partial charge in [-0.3, -0.25) is 9.69 Å². The van der Waals surface area contributed by atoms with E-state index < -0.39 is 0 Å². The van der Waals surface area contributed by atoms with Gasteiger partial charge in [0.2, 0.25) is 0 Å². The van der Waals surface area contributed by atoms with Crippen LogP contribution in [-0.4, -0.2) is 60.1 Å². The van der Waals surface area contributed by atoms with Crippen LogP contribution in [0.2, 0.25) is 0 Å². The molecule has 1 aliphatic heterocycles. The number of rotatable bonds is 3. The second-order valence-electron chi connectivity index (χ2n) is 5.61. The van der Waals surface area contributed by atoms with Crippen molar-refractivity contribution < 1.29 is 9.90 Å². The van der Waals surface area contributed by atoms with Gasteiger partial charge in [-0.15, -0.1) is 11.3 Å². The molecule has 1 saturated heterocycles. The lowest BCUT2D eigenvalue weighted by molar-refractivity contribution is 0.0628. The fourth-order valence-corrected chi connectivity index (χ4v) is 3.30. The lowest BCUT2D eigenvalue weighted by Crippen LogP contribution is -2.49. The summed E-state index contributed by atoms with van der Waals surface area (Å²) >= 11 is 1.40. The average Bonchev–Trinajstić information content (AvgIpc) is 2.93. The van der Waals surface area contributed by atoms with E-state index in [4.69, 9.17) is 5.11 Å². The van der Waals surface area contributed by atoms with Gasteiger partial charge in [0.15, 0.2) is 0 Å². The topological polar surface area (TPSA) is 43.8 Å². The molecule has 1 N–H and O–H groups in total. The molecule has 1 aromatic heterocycles. The van der Waals surface area contributed by atoms with E-state index in [1.807, 2.05) is 17.0 Å². The number of amides is 1. The molecule has 0 unspecified atom stereocenters. The first kappa shape index (κ1) is 16.0. The molecule has 0 radical (unpaired) electrons. The van der Waals surface area contributed by atoms with Crippen molar-refractivity contribution in [3.63, 3.8) is 0 Å². The Morgan fingerprint density at radius 1 is 1.33 bits per heavy atom. The Hall–Kier alpha value is -1.35. The van der Waals surface area contributed by atoms with Gasteiger partial charge in [-0.2, -0.15) is 0 Å². The fraction of sp³-hybridized carbons (Fsp3) is 0.562. The Bertz CT molecular complexity index is 534. The van der Waals surface area contributed by atoms with Gasteiger partial charge in [0.1, 0.15) is 6.61 Å². The molecule has 1 aromatic rings. The van der Waals surface area contributed by atoms with E-state index in [0.717, 1.165) is 42.5 Å². The molecular weight excluding hydrogens is 284 g/mol. The van der Waals surface area contributed by atoms with E-state index in [1.54, 1.807) is 0 Å². The first-order chi connectivity index (χ1) is 10.1. The monoisotopic (exact) mass is 306 g/mol. The van der Waals surface area contributed by atoms with Crippen LogP contribution >= 0.6 is 11.3 Å². The van der Waals surface area contributed by atoms with E-state index in [0.29, 0.717) is 5.92 Å². The summed E-state index contributed by atoms with van der Waals surface area (Å²) < 4.78 is 0. The van der Waals surface area contributed by atoms with E-state index >= 15 is 0 Å². The Balaban J connectivity index is 1.91. The lowest BCUT2D eigenvalue weighted by atomic mass is 10.2. The summed E-state index contributed by atoms with van der Waals surface area (Å²) in [5.74, 6) is 6.21. The maximum Gasteiger partial charge on any atom is 0.264 e. The van der Waals surface area contributed by atoms with Crippen LogP contribution in [0.25, 0.3) is 0 Å². The molecule has 2 rings (SSSR count). The number of carbonyl (C=O) groups excluding carboxylic acids is 1. The zero-order valence-corrected chi connectivity index (χ0v) is 13.4. The molecule has 0 atom stereocenters. The second-order valence-corrected chi connectivity index (χ2v) is 6.69. The predicted molar refractivity (Wildman–Crippen MR) is 85.5 cm³/mol. The van der Waals surface area contributed by atoms with Gasteiger partial charge in [-0.1, -0.05) is 25.7 Å². The normalized spacial score (nSPS) is 15.9. The molecule has 1 fully saturated rings. The minimum atomic E-state index is -0.154. The molecule has 2 heterocycles. The van der Waals surface area contributed by atoms with Crippen LogP contribution in [0.1, 0.15) is 28.4 Å². The van der Waals surface area contributed by atoms with Gasteiger partial charge in [0.25, 0.3) is 5.91 Å². The minimum absolute atomic E-state index is 0.0984. The van der Waals surface area contributed by atoms with Crippen molar-refractivity contribution in [2.45, 2.75) is 13.8 Å². The third kappa shape index (κ3) is 4.57. The third-order valence-electron chi connectivity index (χ3n) is 3.39. The van der Waals surface area contributed by atoms with E-state index in [2.05, 4.69) is 30.6 Å². The third-order valence-corrected chi connectivity index (χ3v) is 4.38. The summed E-state index contributed by atoms with van der Waals surface area (Å²) in [6, 6.07) is 3.67. The van der Waals surface area contributed by atoms with Gasteiger partial charge in [0.05, 0.1) is 9.75 Å². The number of thiophene rings is 1. The number of hydrogen-bond acceptors (Lipinski definition) is 4. The highest BCUT2D eigenvalue weighted by Gasteiger charge is 2.23. The quantitative estimate of drug-likeness (QED) is 0.861. The fourth-order valence-electron chi connectivity index (χ4n) is 2.45. The molecule has 0 aromatic carbocycles. The van der Waals surface area contributed by atoms with Crippen molar-refractivity contribution in [2.24, 2.45) is 5.92 Å². The van der Waals surface area contributed by atoms with Crippen molar-refractivity contribution in [3.05, 3.63) is 21.9 Å². The SMILES string of the molecule is CC(C)CN1CCN(C(=O)c2ccc(C#CCO)s2)CC1. The van der Waals surface area contributed by atoms with Crippen LogP contribution < -0.4 is 0 Å². The van der Waals surface area contributed by atoms with Gasteiger partial charge in [-0.05, 0) is 18.1 Å². The second kappa shape index (κ2) is 7.60. The molecule has 21 heavy (non-hydrogen) atoms. The van der Waals surface area contributed by atoms with Crippen LogP contribution in [0, 0.1) is 17.8 Å². The van der Waals surface area contributed by atoms with Gasteiger partial charge in [-0.25, -0.2) is 0 Å². The predicted octanol–water partition coefficient (Wildman–Crippen LogP) is 1.51. The smallest absolute Gasteiger partial charge is 0.264 e. The van der Waals surface area contributed by atoms with Gasteiger partial charge < -0.3 is 10.0 Å². The summed E-state index contributed by atoms with van der Waals surface area (Å²) in [6.07, 6.45) is 0. The highest BCUT2D eigenvalue weighted by atomic mass is 32.1. The zero-order chi connectivity index (χ0) is 15.2. The number of piperazine rings is 1. The maximum absolute atomic E-state index is 12.4. The number of nitrogens with zero attached hydrogens (tertiary/aromatic N) is 2. The van der Waals surface area contributed by atoms with Crippen molar-refractivity contribution >= 4 is 17.2 Å². The summed E-state index contributed by atoms with van der Waals surface area (Å²) in [5, 5.41) is 8.69. The summed E-state index contributed by atoms with van der Waals surface area (Å²) in [4.78, 5) is 18.3. The van der Waals surface area contributed by atoms with Crippen molar-refractivity contribution in [1.82, 2.24) is 9.80 Å². The first-order valence-corrected chi connectivity index (χ1v) is 8.13. The molecule has 0 bridgehead atoms. The summed E-state index contributed by atoms with van der Waals surface area (Å²) in [7, 11) is 0. The van der Waals surface area contributed by atoms with E-state index in [9.17, 15) is 4.79 Å². The molecule has 0 saturated carbocycles. The van der Waals surface area contributed by atoms with Crippen LogP contribution in [0.4, 0.5) is 0 Å². The standard InChI is InChI=1S/C16H22N2O2S/c1-13(2)12-17-7-9-18(10-8-17)16(20)15-6-5-14(21-15)4-3-11-19/h5-6,13,19H,7-12H2,1-2H3. The van der Waals surface area contributed by atoms with Crippen molar-refractivity contribution in [3.8, 4) is 11.8 Å². The van der Waals surface area contributed by atoms with Gasteiger partial charge >= 0.3 is 0 Å². The molecule has 114 valence electrons. The van der Waals surface area contributed by atoms with Gasteiger partial charge in [0, 0.05) is 32.7 Å². The number of aliphatic hydroxyl groups excluding tert-OH is 1. The molecule has 0 aliphatic carbocycles. The van der Waals surface area contributed by atoms with Crippen molar-refractivity contribution in [1.29, 1.82) is 0 Å². The molecular formula is C16H22N2O2S. The highest BCUT2D eigenvalue weighted by Crippen LogP contribution is 2.18. The number of aliphatic hydroxyl groups is 1. The van der Waals surface area contributed by atoms with Crippen molar-refractivity contribution in [2.75, 3.05) is 39.3 Å². The number of carbonyl (C=O) groups is 1. The minimum Gasteiger partial charge on any atom is -0.384 e. The van der Waals surface area contributed by atoms with Crippen LogP contribution in [0.15, 0.2) is 12.1 Å². The maximum atomic E-state index is 12.4.